The summed E-state index contributed by atoms with van der Waals surface area (Å²) < 4.78 is 5.58. The van der Waals surface area contributed by atoms with Crippen molar-refractivity contribution in [3.05, 3.63) is 70.7 Å². The lowest BCUT2D eigenvalue weighted by atomic mass is 10.2. The summed E-state index contributed by atoms with van der Waals surface area (Å²) in [6.45, 7) is 1.30. The van der Waals surface area contributed by atoms with Crippen molar-refractivity contribution in [2.45, 2.75) is 12.0 Å². The van der Waals surface area contributed by atoms with Gasteiger partial charge in [-0.3, -0.25) is 4.79 Å². The highest BCUT2D eigenvalue weighted by Crippen LogP contribution is 2.38. The van der Waals surface area contributed by atoms with E-state index in [4.69, 9.17) is 16.3 Å². The van der Waals surface area contributed by atoms with E-state index in [1.165, 1.54) is 0 Å². The standard InChI is InChI=1S/C18H18ClNO2S/c19-16-8-4-7-15(11-16)18-20(9-10-23-18)17(21)13-22-12-14-5-2-1-3-6-14/h1-8,11,18H,9-10,12-13H2/t18-/m1/s1. The highest BCUT2D eigenvalue weighted by Gasteiger charge is 2.30. The van der Waals surface area contributed by atoms with E-state index >= 15 is 0 Å². The van der Waals surface area contributed by atoms with E-state index in [0.29, 0.717) is 11.6 Å². The minimum Gasteiger partial charge on any atom is -0.367 e. The third-order valence-electron chi connectivity index (χ3n) is 3.68. The Balaban J connectivity index is 1.58. The lowest BCUT2D eigenvalue weighted by Gasteiger charge is -2.24. The van der Waals surface area contributed by atoms with E-state index in [0.717, 1.165) is 23.4 Å². The number of halogens is 1. The summed E-state index contributed by atoms with van der Waals surface area (Å²) in [6, 6.07) is 17.6. The van der Waals surface area contributed by atoms with Gasteiger partial charge in [0.1, 0.15) is 12.0 Å². The second kappa shape index (κ2) is 7.86. The Bertz CT molecular complexity index is 665. The highest BCUT2D eigenvalue weighted by molar-refractivity contribution is 7.99. The Morgan fingerprint density at radius 2 is 2.04 bits per heavy atom. The molecule has 120 valence electrons. The fourth-order valence-electron chi connectivity index (χ4n) is 2.58. The van der Waals surface area contributed by atoms with Crippen molar-refractivity contribution >= 4 is 29.3 Å². The number of benzene rings is 2. The SMILES string of the molecule is O=C(COCc1ccccc1)N1CCS[C@@H]1c1cccc(Cl)c1. The largest absolute Gasteiger partial charge is 0.367 e. The summed E-state index contributed by atoms with van der Waals surface area (Å²) >= 11 is 7.83. The molecular formula is C18H18ClNO2S. The molecule has 0 bridgehead atoms. The van der Waals surface area contributed by atoms with Crippen LogP contribution in [0.25, 0.3) is 0 Å². The molecule has 0 N–H and O–H groups in total. The van der Waals surface area contributed by atoms with Crippen LogP contribution >= 0.6 is 23.4 Å². The number of hydrogen-bond donors (Lipinski definition) is 0. The first-order chi connectivity index (χ1) is 11.2. The van der Waals surface area contributed by atoms with Crippen LogP contribution in [0, 0.1) is 0 Å². The summed E-state index contributed by atoms with van der Waals surface area (Å²) in [6.07, 6.45) is 0. The van der Waals surface area contributed by atoms with Crippen LogP contribution in [-0.4, -0.2) is 29.7 Å². The summed E-state index contributed by atoms with van der Waals surface area (Å²) in [5.41, 5.74) is 2.14. The van der Waals surface area contributed by atoms with Gasteiger partial charge in [-0.15, -0.1) is 11.8 Å². The van der Waals surface area contributed by atoms with Gasteiger partial charge in [0.25, 0.3) is 0 Å². The van der Waals surface area contributed by atoms with Crippen molar-refractivity contribution in [3.63, 3.8) is 0 Å². The molecule has 0 saturated carbocycles. The van der Waals surface area contributed by atoms with E-state index in [2.05, 4.69) is 0 Å². The van der Waals surface area contributed by atoms with Crippen LogP contribution in [0.15, 0.2) is 54.6 Å². The van der Waals surface area contributed by atoms with Crippen molar-refractivity contribution in [1.82, 2.24) is 4.90 Å². The third-order valence-corrected chi connectivity index (χ3v) is 5.18. The van der Waals surface area contributed by atoms with Gasteiger partial charge in [0.2, 0.25) is 5.91 Å². The lowest BCUT2D eigenvalue weighted by Crippen LogP contribution is -2.33. The zero-order chi connectivity index (χ0) is 16.1. The maximum absolute atomic E-state index is 12.5. The van der Waals surface area contributed by atoms with Crippen molar-refractivity contribution in [3.8, 4) is 0 Å². The normalized spacial score (nSPS) is 17.4. The topological polar surface area (TPSA) is 29.5 Å². The molecule has 1 aliphatic rings. The molecule has 0 radical (unpaired) electrons. The van der Waals surface area contributed by atoms with E-state index in [-0.39, 0.29) is 17.9 Å². The molecule has 2 aromatic carbocycles. The van der Waals surface area contributed by atoms with Gasteiger partial charge in [-0.1, -0.05) is 54.1 Å². The van der Waals surface area contributed by atoms with Crippen molar-refractivity contribution in [1.29, 1.82) is 0 Å². The Labute approximate surface area is 145 Å². The number of carbonyl (C=O) groups excluding carboxylic acids is 1. The second-order valence-electron chi connectivity index (χ2n) is 5.34. The molecule has 1 fully saturated rings. The first-order valence-corrected chi connectivity index (χ1v) is 8.95. The summed E-state index contributed by atoms with van der Waals surface area (Å²) in [7, 11) is 0. The smallest absolute Gasteiger partial charge is 0.249 e. The first-order valence-electron chi connectivity index (χ1n) is 7.52. The minimum atomic E-state index is 0.0240. The zero-order valence-electron chi connectivity index (χ0n) is 12.7. The van der Waals surface area contributed by atoms with Crippen LogP contribution in [0.1, 0.15) is 16.5 Å². The monoisotopic (exact) mass is 347 g/mol. The third kappa shape index (κ3) is 4.28. The Kier molecular flexibility index (Phi) is 5.60. The van der Waals surface area contributed by atoms with Crippen molar-refractivity contribution in [2.24, 2.45) is 0 Å². The first kappa shape index (κ1) is 16.4. The molecule has 0 aromatic heterocycles. The molecule has 1 atom stereocenters. The predicted molar refractivity (Wildman–Crippen MR) is 94.5 cm³/mol. The number of thioether (sulfide) groups is 1. The Morgan fingerprint density at radius 1 is 1.22 bits per heavy atom. The van der Waals surface area contributed by atoms with Crippen molar-refractivity contribution < 1.29 is 9.53 Å². The quantitative estimate of drug-likeness (QED) is 0.814. The maximum atomic E-state index is 12.5. The molecule has 1 saturated heterocycles. The fraction of sp³-hybridized carbons (Fsp3) is 0.278. The molecule has 1 aliphatic heterocycles. The second-order valence-corrected chi connectivity index (χ2v) is 6.97. The minimum absolute atomic E-state index is 0.0240. The molecule has 1 heterocycles. The Morgan fingerprint density at radius 3 is 2.83 bits per heavy atom. The van der Waals surface area contributed by atoms with E-state index in [1.54, 1.807) is 11.8 Å². The summed E-state index contributed by atoms with van der Waals surface area (Å²) in [5, 5.41) is 0.726. The van der Waals surface area contributed by atoms with E-state index in [9.17, 15) is 4.79 Å². The molecule has 3 rings (SSSR count). The lowest BCUT2D eigenvalue weighted by molar-refractivity contribution is -0.136. The molecule has 0 unspecified atom stereocenters. The Hall–Kier alpha value is -1.49. The average Bonchev–Trinajstić information content (AvgIpc) is 3.05. The molecule has 1 amide bonds. The van der Waals surface area contributed by atoms with E-state index in [1.807, 2.05) is 59.5 Å². The summed E-state index contributed by atoms with van der Waals surface area (Å²) in [5.74, 6) is 0.956. The molecular weight excluding hydrogens is 330 g/mol. The summed E-state index contributed by atoms with van der Waals surface area (Å²) in [4.78, 5) is 14.3. The van der Waals surface area contributed by atoms with Crippen LogP contribution in [0.3, 0.4) is 0 Å². The van der Waals surface area contributed by atoms with Gasteiger partial charge in [0.15, 0.2) is 0 Å². The van der Waals surface area contributed by atoms with Gasteiger partial charge in [0.05, 0.1) is 6.61 Å². The number of rotatable bonds is 5. The van der Waals surface area contributed by atoms with Crippen LogP contribution in [0.4, 0.5) is 0 Å². The van der Waals surface area contributed by atoms with Gasteiger partial charge in [-0.25, -0.2) is 0 Å². The van der Waals surface area contributed by atoms with Crippen molar-refractivity contribution in [2.75, 3.05) is 18.9 Å². The number of nitrogens with zero attached hydrogens (tertiary/aromatic N) is 1. The van der Waals surface area contributed by atoms with Crippen LogP contribution in [0.2, 0.25) is 5.02 Å². The van der Waals surface area contributed by atoms with Gasteiger partial charge >= 0.3 is 0 Å². The maximum Gasteiger partial charge on any atom is 0.249 e. The fourth-order valence-corrected chi connectivity index (χ4v) is 4.04. The number of hydrogen-bond acceptors (Lipinski definition) is 3. The van der Waals surface area contributed by atoms with Gasteiger partial charge in [-0.2, -0.15) is 0 Å². The molecule has 3 nitrogen and oxygen atoms in total. The molecule has 0 aliphatic carbocycles. The van der Waals surface area contributed by atoms with Crippen LogP contribution in [-0.2, 0) is 16.1 Å². The van der Waals surface area contributed by atoms with Gasteiger partial charge in [-0.05, 0) is 23.3 Å². The number of ether oxygens (including phenoxy) is 1. The average molecular weight is 348 g/mol. The molecule has 5 heteroatoms. The molecule has 23 heavy (non-hydrogen) atoms. The van der Waals surface area contributed by atoms with Crippen LogP contribution in [0.5, 0.6) is 0 Å². The molecule has 0 spiro atoms. The number of amides is 1. The van der Waals surface area contributed by atoms with Gasteiger partial charge < -0.3 is 9.64 Å². The zero-order valence-corrected chi connectivity index (χ0v) is 14.2. The van der Waals surface area contributed by atoms with Crippen LogP contribution < -0.4 is 0 Å². The predicted octanol–water partition coefficient (Wildman–Crippen LogP) is 4.13. The van der Waals surface area contributed by atoms with E-state index < -0.39 is 0 Å². The number of carbonyl (C=O) groups is 1. The van der Waals surface area contributed by atoms with Gasteiger partial charge in [0, 0.05) is 17.3 Å². The molecule has 2 aromatic rings. The highest BCUT2D eigenvalue weighted by atomic mass is 35.5.